The zero-order valence-electron chi connectivity index (χ0n) is 13.7. The molecule has 9 heteroatoms. The summed E-state index contributed by atoms with van der Waals surface area (Å²) in [5.41, 5.74) is 0.225. The van der Waals surface area contributed by atoms with Gasteiger partial charge in [-0.25, -0.2) is 0 Å². The molecule has 3 aromatic rings. The lowest BCUT2D eigenvalue weighted by Gasteiger charge is -2.27. The van der Waals surface area contributed by atoms with Gasteiger partial charge in [0.2, 0.25) is 5.88 Å². The lowest BCUT2D eigenvalue weighted by molar-refractivity contribution is -0.137. The maximum atomic E-state index is 13.1. The lowest BCUT2D eigenvalue weighted by atomic mass is 10.1. The van der Waals surface area contributed by atoms with Gasteiger partial charge in [0.1, 0.15) is 0 Å². The Morgan fingerprint density at radius 2 is 1.78 bits per heavy atom. The van der Waals surface area contributed by atoms with E-state index in [1.165, 1.54) is 6.07 Å². The molecule has 2 heterocycles. The van der Waals surface area contributed by atoms with Gasteiger partial charge in [0.15, 0.2) is 5.69 Å². The van der Waals surface area contributed by atoms with Crippen molar-refractivity contribution in [3.8, 4) is 5.88 Å². The molecule has 1 aliphatic heterocycles. The van der Waals surface area contributed by atoms with Crippen LogP contribution in [0.2, 0.25) is 5.02 Å². The molecule has 4 nitrogen and oxygen atoms in total. The molecule has 140 valence electrons. The fraction of sp³-hybridized carbons (Fsp3) is 0.222. The van der Waals surface area contributed by atoms with Crippen molar-refractivity contribution in [1.29, 1.82) is 0 Å². The summed E-state index contributed by atoms with van der Waals surface area (Å²) in [6, 6.07) is 9.95. The lowest BCUT2D eigenvalue weighted by Crippen LogP contribution is -2.22. The summed E-state index contributed by atoms with van der Waals surface area (Å²) < 4.78 is 41.1. The first-order valence-corrected chi connectivity index (χ1v) is 9.57. The molecule has 0 amide bonds. The molecule has 27 heavy (non-hydrogen) atoms. The summed E-state index contributed by atoms with van der Waals surface area (Å²) in [4.78, 5) is 0. The Labute approximate surface area is 161 Å². The van der Waals surface area contributed by atoms with Crippen LogP contribution in [0.4, 0.5) is 24.5 Å². The number of fused-ring (bicyclic) bond motifs is 1. The normalized spacial score (nSPS) is 15.6. The van der Waals surface area contributed by atoms with Crippen molar-refractivity contribution >= 4 is 45.6 Å². The molecule has 1 aliphatic rings. The molecule has 2 aromatic carbocycles. The van der Waals surface area contributed by atoms with E-state index in [2.05, 4.69) is 10.2 Å². The molecule has 0 atom stereocenters. The molecular formula is C18H13ClF3N3OS. The highest BCUT2D eigenvalue weighted by Gasteiger charge is 2.33. The highest BCUT2D eigenvalue weighted by atomic mass is 35.5. The number of hydrogen-bond donors (Lipinski definition) is 1. The average molecular weight is 412 g/mol. The minimum absolute atomic E-state index is 0.0220. The Hall–Kier alpha value is -2.19. The zero-order chi connectivity index (χ0) is 19.2. The van der Waals surface area contributed by atoms with Crippen molar-refractivity contribution in [2.45, 2.75) is 12.2 Å². The standard InChI is InChI=1S/C18H13ClF3N3OS/c19-11-2-4-12(5-3-11)23-24-16-14-7-10(18(20,21)22)1-6-15(14)25(17(16)26)13-8-27-9-13/h1-7,13,26H,8-9H2. The van der Waals surface area contributed by atoms with Crippen molar-refractivity contribution in [3.05, 3.63) is 53.1 Å². The van der Waals surface area contributed by atoms with Crippen LogP contribution in [0, 0.1) is 0 Å². The molecule has 0 unspecified atom stereocenters. The Balaban J connectivity index is 1.86. The Kier molecular flexibility index (Phi) is 4.55. The SMILES string of the molecule is Oc1c(N=Nc2ccc(Cl)cc2)c2cc(C(F)(F)F)ccc2n1C1CSC1. The van der Waals surface area contributed by atoms with Crippen molar-refractivity contribution < 1.29 is 18.3 Å². The molecule has 0 radical (unpaired) electrons. The van der Waals surface area contributed by atoms with Gasteiger partial charge in [-0.15, -0.1) is 5.11 Å². The Bertz CT molecular complexity index is 1030. The van der Waals surface area contributed by atoms with Crippen LogP contribution >= 0.6 is 23.4 Å². The predicted octanol–water partition coefficient (Wildman–Crippen LogP) is 6.72. The van der Waals surface area contributed by atoms with Crippen LogP contribution in [0.15, 0.2) is 52.7 Å². The van der Waals surface area contributed by atoms with Crippen LogP contribution in [0.5, 0.6) is 5.88 Å². The molecule has 1 fully saturated rings. The number of aromatic nitrogens is 1. The third-order valence-corrected chi connectivity index (χ3v) is 5.85. The number of rotatable bonds is 3. The van der Waals surface area contributed by atoms with E-state index in [0.717, 1.165) is 23.6 Å². The topological polar surface area (TPSA) is 49.9 Å². The number of hydrogen-bond acceptors (Lipinski definition) is 4. The minimum Gasteiger partial charge on any atom is -0.493 e. The molecule has 0 aliphatic carbocycles. The van der Waals surface area contributed by atoms with Crippen LogP contribution in [0.3, 0.4) is 0 Å². The van der Waals surface area contributed by atoms with Crippen molar-refractivity contribution in [2.75, 3.05) is 11.5 Å². The minimum atomic E-state index is -4.48. The largest absolute Gasteiger partial charge is 0.493 e. The summed E-state index contributed by atoms with van der Waals surface area (Å²) in [6.45, 7) is 0. The Morgan fingerprint density at radius 1 is 1.07 bits per heavy atom. The maximum absolute atomic E-state index is 13.1. The second-order valence-corrected chi connectivity index (χ2v) is 7.65. The van der Waals surface area contributed by atoms with E-state index in [1.807, 2.05) is 0 Å². The second-order valence-electron chi connectivity index (χ2n) is 6.14. The number of nitrogens with zero attached hydrogens (tertiary/aromatic N) is 3. The quantitative estimate of drug-likeness (QED) is 0.486. The predicted molar refractivity (Wildman–Crippen MR) is 101 cm³/mol. The smallest absolute Gasteiger partial charge is 0.416 e. The third kappa shape index (κ3) is 3.39. The molecule has 1 saturated heterocycles. The summed E-state index contributed by atoms with van der Waals surface area (Å²) in [5.74, 6) is 1.39. The number of thioether (sulfide) groups is 1. The number of benzene rings is 2. The number of alkyl halides is 3. The number of azo groups is 1. The van der Waals surface area contributed by atoms with E-state index >= 15 is 0 Å². The maximum Gasteiger partial charge on any atom is 0.416 e. The van der Waals surface area contributed by atoms with Gasteiger partial charge in [-0.1, -0.05) is 11.6 Å². The summed E-state index contributed by atoms with van der Waals surface area (Å²) in [5, 5.41) is 19.5. The van der Waals surface area contributed by atoms with Gasteiger partial charge in [0, 0.05) is 21.9 Å². The van der Waals surface area contributed by atoms with Crippen LogP contribution in [-0.4, -0.2) is 21.2 Å². The van der Waals surface area contributed by atoms with Gasteiger partial charge < -0.3 is 9.67 Å². The van der Waals surface area contributed by atoms with E-state index in [9.17, 15) is 18.3 Å². The van der Waals surface area contributed by atoms with E-state index < -0.39 is 11.7 Å². The van der Waals surface area contributed by atoms with Gasteiger partial charge >= 0.3 is 6.18 Å². The van der Waals surface area contributed by atoms with Crippen molar-refractivity contribution in [3.63, 3.8) is 0 Å². The van der Waals surface area contributed by atoms with Gasteiger partial charge in [0.25, 0.3) is 0 Å². The van der Waals surface area contributed by atoms with Crippen molar-refractivity contribution in [1.82, 2.24) is 4.57 Å². The van der Waals surface area contributed by atoms with Crippen molar-refractivity contribution in [2.24, 2.45) is 10.2 Å². The highest BCUT2D eigenvalue weighted by molar-refractivity contribution is 8.00. The molecule has 1 aromatic heterocycles. The van der Waals surface area contributed by atoms with E-state index in [-0.39, 0.29) is 23.0 Å². The van der Waals surface area contributed by atoms with Gasteiger partial charge in [-0.05, 0) is 42.5 Å². The second kappa shape index (κ2) is 6.76. The molecule has 4 rings (SSSR count). The molecule has 0 saturated carbocycles. The van der Waals surface area contributed by atoms with E-state index in [4.69, 9.17) is 11.6 Å². The summed E-state index contributed by atoms with van der Waals surface area (Å²) in [6.07, 6.45) is -4.48. The van der Waals surface area contributed by atoms with E-state index in [1.54, 1.807) is 40.6 Å². The van der Waals surface area contributed by atoms with Crippen LogP contribution < -0.4 is 0 Å². The van der Waals surface area contributed by atoms with Crippen LogP contribution in [-0.2, 0) is 6.18 Å². The molecule has 0 spiro atoms. The number of halogens is 4. The van der Waals surface area contributed by atoms with Crippen LogP contribution in [0.25, 0.3) is 10.9 Å². The zero-order valence-corrected chi connectivity index (χ0v) is 15.3. The fourth-order valence-electron chi connectivity index (χ4n) is 2.92. The van der Waals surface area contributed by atoms with Gasteiger partial charge in [-0.2, -0.15) is 30.0 Å². The first kappa shape index (κ1) is 18.2. The molecule has 0 bridgehead atoms. The Morgan fingerprint density at radius 3 is 2.37 bits per heavy atom. The fourth-order valence-corrected chi connectivity index (χ4v) is 3.79. The monoisotopic (exact) mass is 411 g/mol. The molecule has 1 N–H and O–H groups in total. The summed E-state index contributed by atoms with van der Waals surface area (Å²) >= 11 is 7.54. The van der Waals surface area contributed by atoms with Crippen LogP contribution in [0.1, 0.15) is 11.6 Å². The summed E-state index contributed by atoms with van der Waals surface area (Å²) in [7, 11) is 0. The number of aromatic hydroxyl groups is 1. The molecular weight excluding hydrogens is 399 g/mol. The van der Waals surface area contributed by atoms with Gasteiger partial charge in [-0.3, -0.25) is 0 Å². The highest BCUT2D eigenvalue weighted by Crippen LogP contribution is 2.46. The third-order valence-electron chi connectivity index (χ3n) is 4.36. The average Bonchev–Trinajstić information content (AvgIpc) is 2.84. The van der Waals surface area contributed by atoms with E-state index in [0.29, 0.717) is 16.2 Å². The van der Waals surface area contributed by atoms with Gasteiger partial charge in [0.05, 0.1) is 22.8 Å². The first-order chi connectivity index (χ1) is 12.8. The first-order valence-electron chi connectivity index (χ1n) is 8.04.